The Balaban J connectivity index is 0.000000142. The van der Waals surface area contributed by atoms with Gasteiger partial charge in [-0.3, -0.25) is 18.7 Å². The first-order chi connectivity index (χ1) is 40.5. The SMILES string of the molecule is CNc1nc(Nc2cn(C3CC(c4nncs4)C3)nc2C)ncc1C(F)(F)F.CNc1nc(Nc2cnn(C3CC(c4nncs4)C3)c2C)ncc1C(F)(F)F.CNc1nc(Nc2cnn(C3CC(n4cc(F)cn4)C3)c2C)ncc1C(F)(F)F. The zero-order chi connectivity index (χ0) is 60.5. The van der Waals surface area contributed by atoms with Crippen LogP contribution < -0.4 is 31.9 Å². The van der Waals surface area contributed by atoms with Crippen LogP contribution in [0.5, 0.6) is 0 Å². The highest BCUT2D eigenvalue weighted by molar-refractivity contribution is 7.09. The third kappa shape index (κ3) is 13.2. The normalized spacial score (nSPS) is 19.2. The Bertz CT molecular complexity index is 3640. The molecule has 3 aliphatic carbocycles. The number of halogens is 10. The van der Waals surface area contributed by atoms with Crippen molar-refractivity contribution in [3.8, 4) is 0 Å². The summed E-state index contributed by atoms with van der Waals surface area (Å²) < 4.78 is 137. The Morgan fingerprint density at radius 2 is 0.882 bits per heavy atom. The average molecular weight is 1230 g/mol. The lowest BCUT2D eigenvalue weighted by Crippen LogP contribution is -2.30. The second-order valence-electron chi connectivity index (χ2n) is 19.9. The lowest BCUT2D eigenvalue weighted by molar-refractivity contribution is -0.138. The lowest BCUT2D eigenvalue weighted by atomic mass is 9.81. The molecule has 0 spiro atoms. The molecule has 3 aliphatic rings. The first kappa shape index (κ1) is 59.5. The van der Waals surface area contributed by atoms with Gasteiger partial charge in [0.15, 0.2) is 5.82 Å². The van der Waals surface area contributed by atoms with E-state index in [9.17, 15) is 43.9 Å². The molecule has 0 radical (unpaired) electrons. The number of anilines is 9. The number of alkyl halides is 9. The molecule has 3 fully saturated rings. The Morgan fingerprint density at radius 1 is 0.482 bits per heavy atom. The van der Waals surface area contributed by atoms with Crippen LogP contribution in [0.3, 0.4) is 0 Å². The molecule has 24 nitrogen and oxygen atoms in total. The van der Waals surface area contributed by atoms with Crippen molar-refractivity contribution >= 4 is 75.0 Å². The molecule has 0 aromatic carbocycles. The number of aryl methyl sites for hydroxylation is 1. The van der Waals surface area contributed by atoms with Gasteiger partial charge in [-0.25, -0.2) is 19.3 Å². The summed E-state index contributed by atoms with van der Waals surface area (Å²) in [6, 6.07) is 0.750. The first-order valence-electron chi connectivity index (χ1n) is 26.0. The summed E-state index contributed by atoms with van der Waals surface area (Å²) in [5, 5.41) is 51.5. The molecule has 0 atom stereocenters. The van der Waals surface area contributed by atoms with Gasteiger partial charge in [-0.05, 0) is 59.3 Å². The molecule has 0 unspecified atom stereocenters. The quantitative estimate of drug-likeness (QED) is 0.0521. The van der Waals surface area contributed by atoms with Crippen LogP contribution in [0.25, 0.3) is 0 Å². The average Bonchev–Trinajstić information content (AvgIpc) is 2.53. The van der Waals surface area contributed by atoms with Gasteiger partial charge < -0.3 is 31.9 Å². The van der Waals surface area contributed by atoms with Gasteiger partial charge in [0, 0.05) is 57.8 Å². The van der Waals surface area contributed by atoms with Crippen molar-refractivity contribution in [3.63, 3.8) is 0 Å². The maximum atomic E-state index is 13.1. The monoisotopic (exact) mass is 1230 g/mol. The minimum atomic E-state index is -4.55. The maximum Gasteiger partial charge on any atom is 0.421 e. The lowest BCUT2D eigenvalue weighted by Gasteiger charge is -2.36. The van der Waals surface area contributed by atoms with E-state index < -0.39 is 35.2 Å². The number of nitrogens with one attached hydrogen (secondary N) is 6. The van der Waals surface area contributed by atoms with E-state index in [0.29, 0.717) is 34.6 Å². The standard InChI is InChI=1S/C17H18F4N8.2C16H17F3N8S/c1-9-14(26-16-23-6-13(17(19,20)21)15(22-2)27-16)7-25-29(9)12-3-11(4-12)28-8-10(18)5-24-28;1-8-12(23-15-21-5-11(16(17,18)19)13(20-2)24-15)6-27(26-8)10-3-9(4-10)14-25-22-7-28-14;1-8-12(24-15-21-5-11(16(17,18)19)13(20-2)25-15)6-23-27(8)10-3-9(4-10)14-26-22-7-28-14/h5-8,11-12H,3-4H2,1-2H3,(H2,22,23,26,27);5-7,9-10H,3-4H2,1-2H3,(H2,20,21,23,24);5-7,9-10H,3-4H2,1-2H3,(H2,20,21,24,25). The minimum Gasteiger partial charge on any atom is -0.372 e. The van der Waals surface area contributed by atoms with E-state index in [0.717, 1.165) is 78.5 Å². The summed E-state index contributed by atoms with van der Waals surface area (Å²) in [4.78, 5) is 23.1. The molecule has 0 saturated heterocycles. The van der Waals surface area contributed by atoms with Crippen LogP contribution in [0.15, 0.2) is 60.6 Å². The number of hydrogen-bond acceptors (Lipinski definition) is 22. The molecule has 0 aliphatic heterocycles. The number of hydrogen-bond donors (Lipinski definition) is 6. The van der Waals surface area contributed by atoms with E-state index >= 15 is 0 Å². The van der Waals surface area contributed by atoms with Gasteiger partial charge in [-0.15, -0.1) is 43.1 Å². The fourth-order valence-electron chi connectivity index (χ4n) is 9.70. The third-order valence-corrected chi connectivity index (χ3v) is 16.2. The van der Waals surface area contributed by atoms with Crippen molar-refractivity contribution in [2.24, 2.45) is 0 Å². The predicted molar refractivity (Wildman–Crippen MR) is 292 cm³/mol. The highest BCUT2D eigenvalue weighted by Crippen LogP contribution is 2.48. The molecule has 12 rings (SSSR count). The highest BCUT2D eigenvalue weighted by atomic mass is 32.1. The van der Waals surface area contributed by atoms with Crippen LogP contribution in [0.2, 0.25) is 0 Å². The third-order valence-electron chi connectivity index (χ3n) is 14.5. The zero-order valence-electron chi connectivity index (χ0n) is 45.6. The Labute approximate surface area is 483 Å². The largest absolute Gasteiger partial charge is 0.421 e. The first-order valence-corrected chi connectivity index (χ1v) is 27.8. The Kier molecular flexibility index (Phi) is 16.9. The van der Waals surface area contributed by atoms with Gasteiger partial charge in [0.25, 0.3) is 0 Å². The topological polar surface area (TPSA) is 272 Å². The van der Waals surface area contributed by atoms with Crippen LogP contribution in [0.1, 0.15) is 118 Å². The van der Waals surface area contributed by atoms with Crippen LogP contribution in [0.4, 0.5) is 96.3 Å². The van der Waals surface area contributed by atoms with Gasteiger partial charge in [0.1, 0.15) is 55.2 Å². The van der Waals surface area contributed by atoms with E-state index in [1.54, 1.807) is 50.8 Å². The number of nitrogens with zero attached hydrogens (tertiary/aromatic N) is 18. The van der Waals surface area contributed by atoms with Crippen molar-refractivity contribution in [1.82, 2.24) is 89.4 Å². The summed E-state index contributed by atoms with van der Waals surface area (Å²) in [6.07, 6.45) is 1.48. The van der Waals surface area contributed by atoms with Crippen LogP contribution in [-0.4, -0.2) is 111 Å². The van der Waals surface area contributed by atoms with E-state index in [1.165, 1.54) is 33.5 Å². The second kappa shape index (κ2) is 24.1. The van der Waals surface area contributed by atoms with Crippen molar-refractivity contribution < 1.29 is 43.9 Å². The van der Waals surface area contributed by atoms with Gasteiger partial charge in [0.2, 0.25) is 17.8 Å². The zero-order valence-corrected chi connectivity index (χ0v) is 47.3. The van der Waals surface area contributed by atoms with Gasteiger partial charge >= 0.3 is 18.5 Å². The fraction of sp³-hybridized carbons (Fsp3) is 0.429. The van der Waals surface area contributed by atoms with Gasteiger partial charge in [-0.1, -0.05) is 0 Å². The smallest absolute Gasteiger partial charge is 0.372 e. The Hall–Kier alpha value is -8.70. The van der Waals surface area contributed by atoms with Gasteiger partial charge in [0.05, 0.1) is 83.1 Å². The maximum absolute atomic E-state index is 13.1. The molecule has 6 N–H and O–H groups in total. The fourth-order valence-corrected chi connectivity index (χ4v) is 11.1. The van der Waals surface area contributed by atoms with E-state index in [2.05, 4.69) is 103 Å². The second-order valence-corrected chi connectivity index (χ2v) is 21.6. The highest BCUT2D eigenvalue weighted by Gasteiger charge is 2.40. The van der Waals surface area contributed by atoms with E-state index in [1.807, 2.05) is 41.0 Å². The summed E-state index contributed by atoms with van der Waals surface area (Å²) in [7, 11) is 4.13. The number of rotatable bonds is 15. The number of aromatic nitrogens is 18. The van der Waals surface area contributed by atoms with E-state index in [-0.39, 0.29) is 65.3 Å². The van der Waals surface area contributed by atoms with Gasteiger partial charge in [-0.2, -0.15) is 74.9 Å². The van der Waals surface area contributed by atoms with Crippen molar-refractivity contribution in [2.75, 3.05) is 53.0 Å². The molecule has 9 aromatic heterocycles. The molecule has 450 valence electrons. The molecular weight excluding hydrogens is 1180 g/mol. The summed E-state index contributed by atoms with van der Waals surface area (Å²) in [6.45, 7) is 5.57. The summed E-state index contributed by atoms with van der Waals surface area (Å²) >= 11 is 3.11. The molecule has 36 heteroatoms. The Morgan fingerprint density at radius 3 is 1.26 bits per heavy atom. The molecule has 85 heavy (non-hydrogen) atoms. The molecule has 0 amide bonds. The predicted octanol–water partition coefficient (Wildman–Crippen LogP) is 11.2. The van der Waals surface area contributed by atoms with Crippen LogP contribution >= 0.6 is 22.7 Å². The summed E-state index contributed by atoms with van der Waals surface area (Å²) in [5.41, 5.74) is 4.99. The van der Waals surface area contributed by atoms with E-state index in [4.69, 9.17) is 0 Å². The summed E-state index contributed by atoms with van der Waals surface area (Å²) in [5.74, 6) is -0.281. The van der Waals surface area contributed by atoms with Crippen molar-refractivity contribution in [2.45, 2.75) is 114 Å². The molecule has 3 saturated carbocycles. The minimum absolute atomic E-state index is 0.0310. The molecule has 0 bridgehead atoms. The molecular formula is C49H52F10N24S2. The van der Waals surface area contributed by atoms with Crippen LogP contribution in [0, 0.1) is 26.6 Å². The van der Waals surface area contributed by atoms with Crippen molar-refractivity contribution in [3.05, 3.63) is 110 Å². The van der Waals surface area contributed by atoms with Crippen molar-refractivity contribution in [1.29, 1.82) is 0 Å². The molecule has 9 aromatic rings. The molecule has 9 heterocycles. The van der Waals surface area contributed by atoms with Crippen LogP contribution in [-0.2, 0) is 18.5 Å².